The van der Waals surface area contributed by atoms with E-state index in [9.17, 15) is 0 Å². The third kappa shape index (κ3) is 2.48. The van der Waals surface area contributed by atoms with E-state index in [1.165, 1.54) is 12.7 Å². The normalized spacial score (nSPS) is 10.0. The molecule has 0 saturated carbocycles. The molecule has 0 heterocycles. The second-order valence-corrected chi connectivity index (χ2v) is 4.79. The second-order valence-electron chi connectivity index (χ2n) is 2.46. The predicted octanol–water partition coefficient (Wildman–Crippen LogP) is 3.60. The molecule has 0 saturated heterocycles. The van der Waals surface area contributed by atoms with Gasteiger partial charge in [-0.15, -0.1) is 0 Å². The Hall–Kier alpha value is 0.480. The molecular weight excluding hydrogens is 378 g/mol. The van der Waals surface area contributed by atoms with E-state index in [4.69, 9.17) is 4.74 Å². The van der Waals surface area contributed by atoms with Crippen LogP contribution >= 0.6 is 45.2 Å². The summed E-state index contributed by atoms with van der Waals surface area (Å²) in [6.45, 7) is 4.84. The van der Waals surface area contributed by atoms with E-state index >= 15 is 0 Å². The monoisotopic (exact) mass is 388 g/mol. The van der Waals surface area contributed by atoms with E-state index in [0.29, 0.717) is 0 Å². The largest absolute Gasteiger partial charge is 0.493 e. The molecule has 3 heteroatoms. The molecule has 12 heavy (non-hydrogen) atoms. The maximum Gasteiger partial charge on any atom is 0.133 e. The summed E-state index contributed by atoms with van der Waals surface area (Å²) < 4.78 is 7.91. The SMILES string of the molecule is CCOc1cc(I)c(C)cc1I. The summed E-state index contributed by atoms with van der Waals surface area (Å²) >= 11 is 4.62. The van der Waals surface area contributed by atoms with Crippen LogP contribution in [0.15, 0.2) is 12.1 Å². The summed E-state index contributed by atoms with van der Waals surface area (Å²) in [5, 5.41) is 0. The molecule has 1 aromatic rings. The van der Waals surface area contributed by atoms with Gasteiger partial charge in [-0.05, 0) is 76.7 Å². The van der Waals surface area contributed by atoms with Crippen molar-refractivity contribution in [1.29, 1.82) is 0 Å². The number of aryl methyl sites for hydroxylation is 1. The van der Waals surface area contributed by atoms with Crippen molar-refractivity contribution in [1.82, 2.24) is 0 Å². The third-order valence-corrected chi connectivity index (χ3v) is 3.52. The molecule has 66 valence electrons. The maximum absolute atomic E-state index is 5.46. The van der Waals surface area contributed by atoms with Crippen molar-refractivity contribution in [2.45, 2.75) is 13.8 Å². The van der Waals surface area contributed by atoms with Crippen molar-refractivity contribution in [3.63, 3.8) is 0 Å². The molecule has 0 atom stereocenters. The van der Waals surface area contributed by atoms with Crippen molar-refractivity contribution in [3.8, 4) is 5.75 Å². The molecular formula is C9H10I2O. The smallest absolute Gasteiger partial charge is 0.133 e. The zero-order chi connectivity index (χ0) is 9.14. The number of hydrogen-bond acceptors (Lipinski definition) is 1. The van der Waals surface area contributed by atoms with Crippen LogP contribution in [0, 0.1) is 14.1 Å². The fourth-order valence-corrected chi connectivity index (χ4v) is 2.11. The molecule has 1 rings (SSSR count). The quantitative estimate of drug-likeness (QED) is 0.704. The van der Waals surface area contributed by atoms with E-state index in [1.54, 1.807) is 0 Å². The van der Waals surface area contributed by atoms with Gasteiger partial charge in [-0.25, -0.2) is 0 Å². The highest BCUT2D eigenvalue weighted by molar-refractivity contribution is 14.1. The Balaban J connectivity index is 3.05. The van der Waals surface area contributed by atoms with Gasteiger partial charge in [-0.3, -0.25) is 0 Å². The summed E-state index contributed by atoms with van der Waals surface area (Å²) in [5.74, 6) is 0.994. The zero-order valence-electron chi connectivity index (χ0n) is 7.03. The van der Waals surface area contributed by atoms with Crippen LogP contribution in [0.25, 0.3) is 0 Å². The second kappa shape index (κ2) is 4.64. The third-order valence-electron chi connectivity index (χ3n) is 1.51. The Kier molecular flexibility index (Phi) is 4.09. The number of hydrogen-bond donors (Lipinski definition) is 0. The Labute approximate surface area is 100 Å². The van der Waals surface area contributed by atoms with Gasteiger partial charge in [0.15, 0.2) is 0 Å². The van der Waals surface area contributed by atoms with Gasteiger partial charge < -0.3 is 4.74 Å². The summed E-state index contributed by atoms with van der Waals surface area (Å²) in [6.07, 6.45) is 0. The molecule has 0 bridgehead atoms. The number of benzene rings is 1. The minimum atomic E-state index is 0.731. The zero-order valence-corrected chi connectivity index (χ0v) is 11.3. The van der Waals surface area contributed by atoms with Gasteiger partial charge in [0, 0.05) is 3.57 Å². The summed E-state index contributed by atoms with van der Waals surface area (Å²) in [7, 11) is 0. The molecule has 1 aromatic carbocycles. The van der Waals surface area contributed by atoms with Crippen LogP contribution in [0.4, 0.5) is 0 Å². The highest BCUT2D eigenvalue weighted by Gasteiger charge is 2.03. The average Bonchev–Trinajstić information content (AvgIpc) is 2.01. The lowest BCUT2D eigenvalue weighted by Gasteiger charge is -2.07. The fraction of sp³-hybridized carbons (Fsp3) is 0.333. The van der Waals surface area contributed by atoms with Gasteiger partial charge >= 0.3 is 0 Å². The molecule has 0 fully saturated rings. The average molecular weight is 388 g/mol. The van der Waals surface area contributed by atoms with Crippen molar-refractivity contribution in [2.75, 3.05) is 6.61 Å². The molecule has 0 aliphatic rings. The lowest BCUT2D eigenvalue weighted by atomic mass is 10.2. The first-order chi connectivity index (χ1) is 5.65. The van der Waals surface area contributed by atoms with Crippen LogP contribution in [0.2, 0.25) is 0 Å². The van der Waals surface area contributed by atoms with Gasteiger partial charge in [0.05, 0.1) is 10.2 Å². The number of rotatable bonds is 2. The van der Waals surface area contributed by atoms with Crippen molar-refractivity contribution < 1.29 is 4.74 Å². The highest BCUT2D eigenvalue weighted by Crippen LogP contribution is 2.25. The first-order valence-electron chi connectivity index (χ1n) is 3.73. The van der Waals surface area contributed by atoms with E-state index < -0.39 is 0 Å². The van der Waals surface area contributed by atoms with Gasteiger partial charge in [0.1, 0.15) is 5.75 Å². The molecule has 1 nitrogen and oxygen atoms in total. The molecule has 0 unspecified atom stereocenters. The molecule has 0 spiro atoms. The van der Waals surface area contributed by atoms with E-state index in [-0.39, 0.29) is 0 Å². The van der Waals surface area contributed by atoms with Gasteiger partial charge in [-0.2, -0.15) is 0 Å². The maximum atomic E-state index is 5.46. The first kappa shape index (κ1) is 10.6. The Morgan fingerprint density at radius 3 is 2.50 bits per heavy atom. The van der Waals surface area contributed by atoms with Crippen LogP contribution in [-0.2, 0) is 0 Å². The highest BCUT2D eigenvalue weighted by atomic mass is 127. The predicted molar refractivity (Wildman–Crippen MR) is 67.8 cm³/mol. The lowest BCUT2D eigenvalue weighted by molar-refractivity contribution is 0.337. The Bertz CT molecular complexity index is 284. The van der Waals surface area contributed by atoms with Crippen LogP contribution in [0.5, 0.6) is 5.75 Å². The fourth-order valence-electron chi connectivity index (χ4n) is 0.894. The van der Waals surface area contributed by atoms with E-state index in [1.807, 2.05) is 6.92 Å². The standard InChI is InChI=1S/C9H10I2O/c1-3-12-9-5-7(10)6(2)4-8(9)11/h4-5H,3H2,1-2H3. The van der Waals surface area contributed by atoms with Gasteiger partial charge in [0.2, 0.25) is 0 Å². The van der Waals surface area contributed by atoms with Crippen molar-refractivity contribution in [2.24, 2.45) is 0 Å². The molecule has 0 aromatic heterocycles. The van der Waals surface area contributed by atoms with E-state index in [0.717, 1.165) is 12.4 Å². The summed E-state index contributed by atoms with van der Waals surface area (Å²) in [4.78, 5) is 0. The molecule has 0 aliphatic carbocycles. The van der Waals surface area contributed by atoms with Crippen LogP contribution < -0.4 is 4.74 Å². The van der Waals surface area contributed by atoms with Crippen molar-refractivity contribution >= 4 is 45.2 Å². The van der Waals surface area contributed by atoms with Crippen molar-refractivity contribution in [3.05, 3.63) is 24.8 Å². The molecule has 0 radical (unpaired) electrons. The van der Waals surface area contributed by atoms with Crippen LogP contribution in [0.1, 0.15) is 12.5 Å². The lowest BCUT2D eigenvalue weighted by Crippen LogP contribution is -1.95. The molecule has 0 amide bonds. The summed E-state index contributed by atoms with van der Waals surface area (Å²) in [6, 6.07) is 4.23. The van der Waals surface area contributed by atoms with Crippen LogP contribution in [-0.4, -0.2) is 6.61 Å². The van der Waals surface area contributed by atoms with E-state index in [2.05, 4.69) is 64.2 Å². The topological polar surface area (TPSA) is 9.23 Å². The Morgan fingerprint density at radius 1 is 1.25 bits per heavy atom. The number of halogens is 2. The number of ether oxygens (including phenoxy) is 1. The van der Waals surface area contributed by atoms with Gasteiger partial charge in [-0.1, -0.05) is 0 Å². The molecule has 0 aliphatic heterocycles. The minimum Gasteiger partial charge on any atom is -0.493 e. The first-order valence-corrected chi connectivity index (χ1v) is 5.89. The Morgan fingerprint density at radius 2 is 1.92 bits per heavy atom. The summed E-state index contributed by atoms with van der Waals surface area (Å²) in [5.41, 5.74) is 1.31. The van der Waals surface area contributed by atoms with Gasteiger partial charge in [0.25, 0.3) is 0 Å². The molecule has 0 N–H and O–H groups in total. The minimum absolute atomic E-state index is 0.731. The van der Waals surface area contributed by atoms with Crippen LogP contribution in [0.3, 0.4) is 0 Å².